The van der Waals surface area contributed by atoms with Gasteiger partial charge in [0.1, 0.15) is 24.3 Å². The topological polar surface area (TPSA) is 83.0 Å². The molecule has 0 amide bonds. The highest BCUT2D eigenvalue weighted by atomic mass is 32.2. The molecule has 1 atom stereocenters. The molecule has 0 N–H and O–H groups in total. The van der Waals surface area contributed by atoms with Gasteiger partial charge in [0.15, 0.2) is 0 Å². The molecule has 2 aromatic carbocycles. The van der Waals surface area contributed by atoms with Crippen LogP contribution in [0.15, 0.2) is 76.5 Å². The Hall–Kier alpha value is -3.52. The van der Waals surface area contributed by atoms with Crippen molar-refractivity contribution in [3.05, 3.63) is 89.9 Å². The predicted molar refractivity (Wildman–Crippen MR) is 128 cm³/mol. The number of aryl methyl sites for hydroxylation is 2. The summed E-state index contributed by atoms with van der Waals surface area (Å²) in [5.74, 6) is 1.31. The first-order valence-corrected chi connectivity index (χ1v) is 12.3. The molecule has 1 unspecified atom stereocenters. The lowest BCUT2D eigenvalue weighted by Gasteiger charge is -2.06. The molecule has 0 saturated carbocycles. The SMILES string of the molecule is CS(=O)c1ccc(/C=C/c2nc(COc3ccc(CCCCn4ccnn4)cc3)co2)cc1. The number of rotatable bonds is 11. The average molecular weight is 463 g/mol. The van der Waals surface area contributed by atoms with Crippen LogP contribution in [0.25, 0.3) is 12.2 Å². The van der Waals surface area contributed by atoms with E-state index in [-0.39, 0.29) is 0 Å². The maximum atomic E-state index is 11.5. The van der Waals surface area contributed by atoms with Crippen LogP contribution in [0.2, 0.25) is 0 Å². The van der Waals surface area contributed by atoms with Crippen LogP contribution in [0.1, 0.15) is 35.6 Å². The summed E-state index contributed by atoms with van der Waals surface area (Å²) in [6, 6.07) is 15.7. The molecule has 170 valence electrons. The number of ether oxygens (including phenoxy) is 1. The van der Waals surface area contributed by atoms with E-state index in [1.807, 2.05) is 53.4 Å². The van der Waals surface area contributed by atoms with Crippen LogP contribution in [0.3, 0.4) is 0 Å². The van der Waals surface area contributed by atoms with E-state index in [2.05, 4.69) is 27.4 Å². The highest BCUT2D eigenvalue weighted by Gasteiger charge is 2.04. The molecule has 2 heterocycles. The molecule has 0 saturated heterocycles. The van der Waals surface area contributed by atoms with Gasteiger partial charge in [0, 0.05) is 40.8 Å². The Kier molecular flexibility index (Phi) is 7.81. The molecule has 0 bridgehead atoms. The van der Waals surface area contributed by atoms with Crippen molar-refractivity contribution in [3.8, 4) is 5.75 Å². The van der Waals surface area contributed by atoms with Gasteiger partial charge in [-0.2, -0.15) is 0 Å². The lowest BCUT2D eigenvalue weighted by molar-refractivity contribution is 0.301. The summed E-state index contributed by atoms with van der Waals surface area (Å²) in [6.07, 6.45) is 13.7. The summed E-state index contributed by atoms with van der Waals surface area (Å²) in [4.78, 5) is 5.24. The minimum absolute atomic E-state index is 0.339. The number of hydrogen-bond acceptors (Lipinski definition) is 6. The molecule has 0 aliphatic carbocycles. The third-order valence-electron chi connectivity index (χ3n) is 5.08. The molecule has 7 nitrogen and oxygen atoms in total. The van der Waals surface area contributed by atoms with Crippen molar-refractivity contribution in [2.24, 2.45) is 0 Å². The van der Waals surface area contributed by atoms with E-state index < -0.39 is 10.8 Å². The molecule has 8 heteroatoms. The molecule has 0 aliphatic heterocycles. The van der Waals surface area contributed by atoms with Crippen molar-refractivity contribution in [2.75, 3.05) is 6.26 Å². The number of nitrogens with zero attached hydrogens (tertiary/aromatic N) is 4. The van der Waals surface area contributed by atoms with E-state index in [0.717, 1.165) is 47.7 Å². The van der Waals surface area contributed by atoms with Gasteiger partial charge >= 0.3 is 0 Å². The largest absolute Gasteiger partial charge is 0.487 e. The summed E-state index contributed by atoms with van der Waals surface area (Å²) >= 11 is 0. The molecule has 4 rings (SSSR count). The van der Waals surface area contributed by atoms with Crippen LogP contribution in [0, 0.1) is 0 Å². The zero-order valence-electron chi connectivity index (χ0n) is 18.5. The van der Waals surface area contributed by atoms with E-state index in [4.69, 9.17) is 9.15 Å². The molecule has 0 fully saturated rings. The van der Waals surface area contributed by atoms with Crippen LogP contribution in [0.4, 0.5) is 0 Å². The molecule has 0 spiro atoms. The Morgan fingerprint density at radius 3 is 2.61 bits per heavy atom. The fourth-order valence-corrected chi connectivity index (χ4v) is 3.79. The summed E-state index contributed by atoms with van der Waals surface area (Å²) < 4.78 is 24.7. The third-order valence-corrected chi connectivity index (χ3v) is 6.02. The standard InChI is InChI=1S/C25H26N4O3S/c1-33(30)24-12-7-21(8-13-24)9-14-25-27-22(19-32-25)18-31-23-10-5-20(6-11-23)4-2-3-16-29-17-15-26-28-29/h5-15,17,19H,2-4,16,18H2,1H3/b14-9+. The smallest absolute Gasteiger partial charge is 0.218 e. The molecular weight excluding hydrogens is 436 g/mol. The lowest BCUT2D eigenvalue weighted by Crippen LogP contribution is -1.99. The van der Waals surface area contributed by atoms with Crippen molar-refractivity contribution in [1.29, 1.82) is 0 Å². The molecular formula is C25H26N4O3S. The zero-order chi connectivity index (χ0) is 22.9. The normalized spacial score (nSPS) is 12.3. The van der Waals surface area contributed by atoms with E-state index >= 15 is 0 Å². The number of aromatic nitrogens is 4. The maximum absolute atomic E-state index is 11.5. The van der Waals surface area contributed by atoms with E-state index in [9.17, 15) is 4.21 Å². The first kappa shape index (κ1) is 22.7. The average Bonchev–Trinajstić information content (AvgIpc) is 3.52. The molecule has 4 aromatic rings. The van der Waals surface area contributed by atoms with E-state index in [1.54, 1.807) is 24.8 Å². The second-order valence-electron chi connectivity index (χ2n) is 7.59. The van der Waals surface area contributed by atoms with E-state index in [0.29, 0.717) is 12.5 Å². The van der Waals surface area contributed by atoms with Crippen molar-refractivity contribution < 1.29 is 13.4 Å². The number of benzene rings is 2. The van der Waals surface area contributed by atoms with Crippen molar-refractivity contribution in [1.82, 2.24) is 20.0 Å². The summed E-state index contributed by atoms with van der Waals surface area (Å²) in [6.45, 7) is 1.23. The third kappa shape index (κ3) is 6.98. The Morgan fingerprint density at radius 1 is 1.06 bits per heavy atom. The first-order chi connectivity index (χ1) is 16.2. The van der Waals surface area contributed by atoms with Crippen molar-refractivity contribution in [3.63, 3.8) is 0 Å². The first-order valence-electron chi connectivity index (χ1n) is 10.8. The Morgan fingerprint density at radius 2 is 1.88 bits per heavy atom. The van der Waals surface area contributed by atoms with E-state index in [1.165, 1.54) is 5.56 Å². The highest BCUT2D eigenvalue weighted by molar-refractivity contribution is 7.84. The lowest BCUT2D eigenvalue weighted by atomic mass is 10.1. The second kappa shape index (κ2) is 11.4. The highest BCUT2D eigenvalue weighted by Crippen LogP contribution is 2.17. The minimum atomic E-state index is -0.975. The summed E-state index contributed by atoms with van der Waals surface area (Å²) in [5, 5.41) is 7.79. The minimum Gasteiger partial charge on any atom is -0.487 e. The fraction of sp³-hybridized carbons (Fsp3) is 0.240. The van der Waals surface area contributed by atoms with Crippen molar-refractivity contribution >= 4 is 23.0 Å². The van der Waals surface area contributed by atoms with Gasteiger partial charge in [0.05, 0.1) is 6.20 Å². The summed E-state index contributed by atoms with van der Waals surface area (Å²) in [7, 11) is -0.975. The molecule has 0 radical (unpaired) electrons. The fourth-order valence-electron chi connectivity index (χ4n) is 3.27. The Bertz CT molecular complexity index is 1180. The maximum Gasteiger partial charge on any atom is 0.218 e. The van der Waals surface area contributed by atoms with Gasteiger partial charge in [-0.1, -0.05) is 29.5 Å². The molecule has 2 aromatic heterocycles. The van der Waals surface area contributed by atoms with Crippen LogP contribution < -0.4 is 4.74 Å². The quantitative estimate of drug-likeness (QED) is 0.299. The van der Waals surface area contributed by atoms with Gasteiger partial charge in [0.2, 0.25) is 5.89 Å². The summed E-state index contributed by atoms with van der Waals surface area (Å²) in [5.41, 5.74) is 3.00. The number of hydrogen-bond donors (Lipinski definition) is 0. The van der Waals surface area contributed by atoms with Gasteiger partial charge in [-0.25, -0.2) is 4.98 Å². The number of oxazole rings is 1. The second-order valence-corrected chi connectivity index (χ2v) is 8.97. The van der Waals surface area contributed by atoms with Gasteiger partial charge in [-0.05, 0) is 60.7 Å². The molecule has 0 aliphatic rings. The Labute approximate surface area is 195 Å². The monoisotopic (exact) mass is 462 g/mol. The molecule has 33 heavy (non-hydrogen) atoms. The van der Waals surface area contributed by atoms with Crippen LogP contribution in [-0.4, -0.2) is 30.4 Å². The Balaban J connectivity index is 1.21. The van der Waals surface area contributed by atoms with Gasteiger partial charge in [-0.3, -0.25) is 8.89 Å². The number of unbranched alkanes of at least 4 members (excludes halogenated alkanes) is 1. The van der Waals surface area contributed by atoms with Gasteiger partial charge in [-0.15, -0.1) is 5.10 Å². The predicted octanol–water partition coefficient (Wildman–Crippen LogP) is 4.78. The van der Waals surface area contributed by atoms with Crippen LogP contribution in [-0.2, 0) is 30.4 Å². The van der Waals surface area contributed by atoms with Crippen LogP contribution in [0.5, 0.6) is 5.75 Å². The van der Waals surface area contributed by atoms with Crippen LogP contribution >= 0.6 is 0 Å². The zero-order valence-corrected chi connectivity index (χ0v) is 19.3. The van der Waals surface area contributed by atoms with Gasteiger partial charge in [0.25, 0.3) is 0 Å². The van der Waals surface area contributed by atoms with Gasteiger partial charge < -0.3 is 9.15 Å². The van der Waals surface area contributed by atoms with Crippen molar-refractivity contribution in [2.45, 2.75) is 37.3 Å².